The molecule has 30 heavy (non-hydrogen) atoms. The molecular formula is C20H15N5O3S2. The van der Waals surface area contributed by atoms with Crippen LogP contribution in [-0.2, 0) is 4.79 Å². The first-order chi connectivity index (χ1) is 14.7. The van der Waals surface area contributed by atoms with Crippen molar-refractivity contribution in [2.45, 2.75) is 4.34 Å². The van der Waals surface area contributed by atoms with Crippen molar-refractivity contribution < 1.29 is 14.1 Å². The average molecular weight is 438 g/mol. The predicted octanol–water partition coefficient (Wildman–Crippen LogP) is 4.18. The number of thioether (sulfide) groups is 1. The molecule has 2 N–H and O–H groups in total. The van der Waals surface area contributed by atoms with Crippen LogP contribution in [0, 0.1) is 0 Å². The van der Waals surface area contributed by atoms with E-state index in [1.165, 1.54) is 23.1 Å². The monoisotopic (exact) mass is 437 g/mol. The minimum Gasteiger partial charge on any atom is -0.355 e. The van der Waals surface area contributed by atoms with Crippen molar-refractivity contribution in [3.8, 4) is 11.3 Å². The predicted molar refractivity (Wildman–Crippen MR) is 116 cm³/mol. The van der Waals surface area contributed by atoms with Gasteiger partial charge in [0.25, 0.3) is 5.91 Å². The van der Waals surface area contributed by atoms with Crippen molar-refractivity contribution in [2.75, 3.05) is 16.4 Å². The second kappa shape index (κ2) is 9.33. The molecule has 2 heterocycles. The van der Waals surface area contributed by atoms with Crippen molar-refractivity contribution in [2.24, 2.45) is 0 Å². The summed E-state index contributed by atoms with van der Waals surface area (Å²) in [6, 6.07) is 20.1. The van der Waals surface area contributed by atoms with E-state index in [0.29, 0.717) is 15.2 Å². The maximum Gasteiger partial charge on any atom is 0.279 e. The second-order valence-electron chi connectivity index (χ2n) is 5.97. The van der Waals surface area contributed by atoms with Crippen LogP contribution in [0.5, 0.6) is 0 Å². The molecule has 2 aromatic heterocycles. The van der Waals surface area contributed by atoms with E-state index >= 15 is 0 Å². The lowest BCUT2D eigenvalue weighted by molar-refractivity contribution is -0.113. The van der Waals surface area contributed by atoms with Crippen LogP contribution >= 0.6 is 23.1 Å². The fourth-order valence-corrected chi connectivity index (χ4v) is 3.99. The SMILES string of the molecule is O=C(CSc1nnc(NC(=O)c2cc(-c3ccccc3)on2)s1)Nc1ccccc1. The highest BCUT2D eigenvalue weighted by molar-refractivity contribution is 8.01. The van der Waals surface area contributed by atoms with Gasteiger partial charge in [-0.05, 0) is 12.1 Å². The van der Waals surface area contributed by atoms with Crippen LogP contribution in [0.1, 0.15) is 10.5 Å². The maximum absolute atomic E-state index is 12.4. The zero-order valence-corrected chi connectivity index (χ0v) is 17.1. The van der Waals surface area contributed by atoms with E-state index in [-0.39, 0.29) is 17.4 Å². The summed E-state index contributed by atoms with van der Waals surface area (Å²) in [5.41, 5.74) is 1.70. The number of rotatable bonds is 7. The van der Waals surface area contributed by atoms with Crippen molar-refractivity contribution in [1.82, 2.24) is 15.4 Å². The molecule has 0 unspecified atom stereocenters. The van der Waals surface area contributed by atoms with E-state index in [1.54, 1.807) is 6.07 Å². The number of hydrogen-bond donors (Lipinski definition) is 2. The Kier molecular flexibility index (Phi) is 6.16. The minimum absolute atomic E-state index is 0.139. The van der Waals surface area contributed by atoms with Crippen LogP contribution in [-0.4, -0.2) is 32.9 Å². The molecule has 4 aromatic rings. The van der Waals surface area contributed by atoms with Gasteiger partial charge in [0.1, 0.15) is 0 Å². The quantitative estimate of drug-likeness (QED) is 0.330. The number of nitrogens with zero attached hydrogens (tertiary/aromatic N) is 3. The van der Waals surface area contributed by atoms with Crippen LogP contribution in [0.15, 0.2) is 75.6 Å². The number of benzene rings is 2. The van der Waals surface area contributed by atoms with Gasteiger partial charge in [-0.3, -0.25) is 14.9 Å². The lowest BCUT2D eigenvalue weighted by atomic mass is 10.1. The summed E-state index contributed by atoms with van der Waals surface area (Å²) in [5, 5.41) is 17.5. The summed E-state index contributed by atoms with van der Waals surface area (Å²) in [6.45, 7) is 0. The molecule has 0 saturated carbocycles. The van der Waals surface area contributed by atoms with E-state index in [0.717, 1.165) is 11.3 Å². The molecular weight excluding hydrogens is 422 g/mol. The normalized spacial score (nSPS) is 10.5. The third kappa shape index (κ3) is 5.10. The molecule has 4 rings (SSSR count). The summed E-state index contributed by atoms with van der Waals surface area (Å²) in [4.78, 5) is 24.4. The Morgan fingerprint density at radius 2 is 1.70 bits per heavy atom. The van der Waals surface area contributed by atoms with Gasteiger partial charge < -0.3 is 9.84 Å². The Labute approximate surface area is 179 Å². The van der Waals surface area contributed by atoms with Crippen molar-refractivity contribution >= 4 is 45.7 Å². The zero-order valence-electron chi connectivity index (χ0n) is 15.4. The van der Waals surface area contributed by atoms with Crippen molar-refractivity contribution in [3.63, 3.8) is 0 Å². The van der Waals surface area contributed by atoms with E-state index in [9.17, 15) is 9.59 Å². The number of anilines is 2. The number of hydrogen-bond acceptors (Lipinski definition) is 8. The standard InChI is InChI=1S/C20H15N5O3S2/c26-17(21-14-9-5-2-6-10-14)12-29-20-24-23-19(30-20)22-18(27)15-11-16(28-25-15)13-7-3-1-4-8-13/h1-11H,12H2,(H,21,26)(H,22,23,27). The third-order valence-electron chi connectivity index (χ3n) is 3.81. The summed E-state index contributed by atoms with van der Waals surface area (Å²) >= 11 is 2.42. The van der Waals surface area contributed by atoms with E-state index in [4.69, 9.17) is 4.52 Å². The minimum atomic E-state index is -0.449. The molecule has 0 aliphatic heterocycles. The molecule has 10 heteroatoms. The van der Waals surface area contributed by atoms with Crippen LogP contribution in [0.4, 0.5) is 10.8 Å². The van der Waals surface area contributed by atoms with Gasteiger partial charge in [0, 0.05) is 17.3 Å². The van der Waals surface area contributed by atoms with Gasteiger partial charge in [-0.2, -0.15) is 0 Å². The lowest BCUT2D eigenvalue weighted by Gasteiger charge is -2.02. The van der Waals surface area contributed by atoms with E-state index in [1.807, 2.05) is 60.7 Å². The van der Waals surface area contributed by atoms with Gasteiger partial charge in [0.2, 0.25) is 11.0 Å². The topological polar surface area (TPSA) is 110 Å². The van der Waals surface area contributed by atoms with Crippen LogP contribution in [0.3, 0.4) is 0 Å². The number of para-hydroxylation sites is 1. The highest BCUT2D eigenvalue weighted by Gasteiger charge is 2.16. The Hall–Kier alpha value is -3.50. The average Bonchev–Trinajstić information content (AvgIpc) is 3.44. The lowest BCUT2D eigenvalue weighted by Crippen LogP contribution is -2.13. The Morgan fingerprint density at radius 1 is 0.967 bits per heavy atom. The fourth-order valence-electron chi connectivity index (χ4n) is 2.45. The Morgan fingerprint density at radius 3 is 2.47 bits per heavy atom. The molecule has 0 aliphatic rings. The van der Waals surface area contributed by atoms with Gasteiger partial charge in [-0.15, -0.1) is 10.2 Å². The molecule has 0 spiro atoms. The zero-order chi connectivity index (χ0) is 20.8. The summed E-state index contributed by atoms with van der Waals surface area (Å²) in [7, 11) is 0. The van der Waals surface area contributed by atoms with Gasteiger partial charge in [-0.1, -0.05) is 76.8 Å². The molecule has 2 amide bonds. The van der Waals surface area contributed by atoms with E-state index in [2.05, 4.69) is 26.0 Å². The fraction of sp³-hybridized carbons (Fsp3) is 0.0500. The maximum atomic E-state index is 12.4. The first-order valence-corrected chi connectivity index (χ1v) is 10.6. The molecule has 0 saturated heterocycles. The number of aromatic nitrogens is 3. The smallest absolute Gasteiger partial charge is 0.279 e. The summed E-state index contributed by atoms with van der Waals surface area (Å²) < 4.78 is 5.80. The van der Waals surface area contributed by atoms with Crippen molar-refractivity contribution in [1.29, 1.82) is 0 Å². The molecule has 0 radical (unpaired) electrons. The largest absolute Gasteiger partial charge is 0.355 e. The number of nitrogens with one attached hydrogen (secondary N) is 2. The molecule has 0 bridgehead atoms. The molecule has 0 aliphatic carbocycles. The molecule has 2 aromatic carbocycles. The van der Waals surface area contributed by atoms with Crippen LogP contribution in [0.25, 0.3) is 11.3 Å². The Balaban J connectivity index is 1.30. The second-order valence-corrected chi connectivity index (χ2v) is 8.17. The summed E-state index contributed by atoms with van der Waals surface area (Å²) in [6.07, 6.45) is 0. The van der Waals surface area contributed by atoms with E-state index < -0.39 is 5.91 Å². The highest BCUT2D eigenvalue weighted by Crippen LogP contribution is 2.26. The van der Waals surface area contributed by atoms with Gasteiger partial charge in [0.15, 0.2) is 15.8 Å². The number of amides is 2. The number of carbonyl (C=O) groups is 2. The van der Waals surface area contributed by atoms with Crippen LogP contribution < -0.4 is 10.6 Å². The number of carbonyl (C=O) groups excluding carboxylic acids is 2. The molecule has 0 atom stereocenters. The van der Waals surface area contributed by atoms with Gasteiger partial charge in [0.05, 0.1) is 5.75 Å². The van der Waals surface area contributed by atoms with Gasteiger partial charge in [-0.25, -0.2) is 0 Å². The van der Waals surface area contributed by atoms with Crippen LogP contribution in [0.2, 0.25) is 0 Å². The van der Waals surface area contributed by atoms with Gasteiger partial charge >= 0.3 is 0 Å². The highest BCUT2D eigenvalue weighted by atomic mass is 32.2. The Bertz CT molecular complexity index is 1150. The molecule has 150 valence electrons. The molecule has 0 fully saturated rings. The third-order valence-corrected chi connectivity index (χ3v) is 5.78. The summed E-state index contributed by atoms with van der Waals surface area (Å²) in [5.74, 6) is 0.0819. The molecule has 8 nitrogen and oxygen atoms in total. The van der Waals surface area contributed by atoms with Crippen molar-refractivity contribution in [3.05, 3.63) is 72.4 Å². The first kappa shape index (κ1) is 19.8. The first-order valence-electron chi connectivity index (χ1n) is 8.82.